The molecule has 0 spiro atoms. The van der Waals surface area contributed by atoms with Crippen LogP contribution in [0, 0.1) is 0 Å². The Hall–Kier alpha value is -3.95. The smallest absolute Gasteiger partial charge is 0.416 e. The molecule has 3 aromatic rings. The van der Waals surface area contributed by atoms with Gasteiger partial charge in [0.15, 0.2) is 0 Å². The van der Waals surface area contributed by atoms with Gasteiger partial charge in [-0.3, -0.25) is 0 Å². The maximum absolute atomic E-state index is 12.7. The summed E-state index contributed by atoms with van der Waals surface area (Å²) >= 11 is 0. The maximum atomic E-state index is 12.7. The highest BCUT2D eigenvalue weighted by Gasteiger charge is 2.30. The molecule has 4 amide bonds. The van der Waals surface area contributed by atoms with Crippen molar-refractivity contribution >= 4 is 34.2 Å². The zero-order chi connectivity index (χ0) is 21.6. The summed E-state index contributed by atoms with van der Waals surface area (Å²) in [6, 6.07) is 13.0. The van der Waals surface area contributed by atoms with E-state index < -0.39 is 23.8 Å². The molecule has 0 aliphatic heterocycles. The summed E-state index contributed by atoms with van der Waals surface area (Å²) in [5.41, 5.74) is 7.79. The zero-order valence-electron chi connectivity index (χ0n) is 14.8. The molecule has 0 fully saturated rings. The number of anilines is 2. The zero-order valence-corrected chi connectivity index (χ0v) is 14.8. The molecule has 0 aromatic heterocycles. The number of carbonyl (C=O) groups is 2. The van der Waals surface area contributed by atoms with E-state index in [-0.39, 0.29) is 17.1 Å². The molecule has 0 aliphatic rings. The number of rotatable bonds is 2. The average Bonchev–Trinajstić information content (AvgIpc) is 2.61. The summed E-state index contributed by atoms with van der Waals surface area (Å²) in [5.74, 6) is -0.141. The normalized spacial score (nSPS) is 10.6. The Morgan fingerprint density at radius 3 is 2.03 bits per heavy atom. The summed E-state index contributed by atoms with van der Waals surface area (Å²) in [6.45, 7) is 0. The Labute approximate surface area is 163 Å². The minimum atomic E-state index is -4.50. The van der Waals surface area contributed by atoms with E-state index in [1.165, 1.54) is 18.2 Å². The van der Waals surface area contributed by atoms with E-state index in [2.05, 4.69) is 22.1 Å². The molecular formula is C19H17F3N4O3. The summed E-state index contributed by atoms with van der Waals surface area (Å²) in [5, 5.41) is 16.3. The van der Waals surface area contributed by atoms with E-state index in [0.717, 1.165) is 22.9 Å². The molecule has 0 aliphatic carbocycles. The van der Waals surface area contributed by atoms with Crippen LogP contribution in [-0.4, -0.2) is 17.2 Å². The van der Waals surface area contributed by atoms with Crippen molar-refractivity contribution < 1.29 is 27.9 Å². The van der Waals surface area contributed by atoms with Gasteiger partial charge in [0.05, 0.1) is 11.3 Å². The molecule has 3 aromatic carbocycles. The molecule has 7 nitrogen and oxygen atoms in total. The van der Waals surface area contributed by atoms with Crippen molar-refractivity contribution in [3.63, 3.8) is 0 Å². The lowest BCUT2D eigenvalue weighted by Crippen LogP contribution is -2.19. The number of amides is 4. The van der Waals surface area contributed by atoms with Gasteiger partial charge in [0.1, 0.15) is 5.75 Å². The molecule has 0 heterocycles. The molecule has 0 radical (unpaired) electrons. The van der Waals surface area contributed by atoms with E-state index in [0.29, 0.717) is 0 Å². The second kappa shape index (κ2) is 8.83. The number of benzene rings is 3. The van der Waals surface area contributed by atoms with Gasteiger partial charge in [0.2, 0.25) is 0 Å². The Kier molecular flexibility index (Phi) is 6.50. The fourth-order valence-electron chi connectivity index (χ4n) is 2.39. The minimum absolute atomic E-state index is 0.00685. The van der Waals surface area contributed by atoms with Gasteiger partial charge >= 0.3 is 18.2 Å². The predicted octanol–water partition coefficient (Wildman–Crippen LogP) is 4.23. The molecule has 0 bridgehead atoms. The van der Waals surface area contributed by atoms with Crippen molar-refractivity contribution in [1.29, 1.82) is 0 Å². The number of alkyl halides is 3. The quantitative estimate of drug-likeness (QED) is 0.408. The maximum Gasteiger partial charge on any atom is 0.416 e. The number of phenolic OH excluding ortho intramolecular Hbond substituents is 1. The molecule has 0 saturated heterocycles. The van der Waals surface area contributed by atoms with Gasteiger partial charge in [-0.05, 0) is 41.1 Å². The predicted molar refractivity (Wildman–Crippen MR) is 103 cm³/mol. The number of urea groups is 2. The van der Waals surface area contributed by atoms with Gasteiger partial charge in [0.25, 0.3) is 0 Å². The van der Waals surface area contributed by atoms with Crippen molar-refractivity contribution in [3.05, 3.63) is 66.2 Å². The van der Waals surface area contributed by atoms with E-state index in [4.69, 9.17) is 4.79 Å². The van der Waals surface area contributed by atoms with E-state index in [1.807, 2.05) is 24.3 Å². The molecule has 0 saturated carbocycles. The number of aromatic hydroxyl groups is 1. The molecule has 0 atom stereocenters. The summed E-state index contributed by atoms with van der Waals surface area (Å²) in [6.07, 6.45) is -4.50. The lowest BCUT2D eigenvalue weighted by molar-refractivity contribution is -0.137. The number of primary amides is 2. The lowest BCUT2D eigenvalue weighted by atomic mass is 10.1. The molecule has 3 rings (SSSR count). The molecular weight excluding hydrogens is 389 g/mol. The van der Waals surface area contributed by atoms with Gasteiger partial charge in [-0.2, -0.15) is 13.2 Å². The number of hydrogen-bond acceptors (Lipinski definition) is 3. The number of phenols is 1. The number of halogens is 3. The monoisotopic (exact) mass is 406 g/mol. The van der Waals surface area contributed by atoms with Crippen molar-refractivity contribution in [2.45, 2.75) is 6.18 Å². The number of carbonyl (C=O) groups excluding carboxylic acids is 2. The van der Waals surface area contributed by atoms with Crippen LogP contribution in [0.4, 0.5) is 34.1 Å². The van der Waals surface area contributed by atoms with E-state index in [9.17, 15) is 23.1 Å². The summed E-state index contributed by atoms with van der Waals surface area (Å²) in [7, 11) is 0. The standard InChI is InChI=1S/C18H13F3N2O2.CH4N2O/c19-18(20,21)13-6-3-7-14(10-13)22-17(25)23-15-8-11-4-1-2-5-12(11)9-16(15)24;2-1(3)4/h1-10,24H,(H2,22,23,25);(H4,2,3,4). The van der Waals surface area contributed by atoms with Crippen molar-refractivity contribution in [3.8, 4) is 5.75 Å². The Morgan fingerprint density at radius 1 is 0.862 bits per heavy atom. The SMILES string of the molecule is NC(N)=O.O=C(Nc1cccc(C(F)(F)F)c1)Nc1cc2ccccc2cc1O. The van der Waals surface area contributed by atoms with Crippen LogP contribution in [0.2, 0.25) is 0 Å². The third-order valence-corrected chi connectivity index (χ3v) is 3.56. The van der Waals surface area contributed by atoms with Gasteiger partial charge in [-0.15, -0.1) is 0 Å². The van der Waals surface area contributed by atoms with Crippen LogP contribution in [0.1, 0.15) is 5.56 Å². The topological polar surface area (TPSA) is 130 Å². The highest BCUT2D eigenvalue weighted by Crippen LogP contribution is 2.31. The number of nitrogens with two attached hydrogens (primary N) is 2. The Morgan fingerprint density at radius 2 is 1.45 bits per heavy atom. The highest BCUT2D eigenvalue weighted by molar-refractivity contribution is 6.02. The van der Waals surface area contributed by atoms with Crippen LogP contribution in [0.3, 0.4) is 0 Å². The van der Waals surface area contributed by atoms with Crippen molar-refractivity contribution in [1.82, 2.24) is 0 Å². The number of fused-ring (bicyclic) bond motifs is 1. The Bertz CT molecular complexity index is 1030. The van der Waals surface area contributed by atoms with Crippen molar-refractivity contribution in [2.24, 2.45) is 11.5 Å². The first-order valence-corrected chi connectivity index (χ1v) is 8.08. The second-order valence-corrected chi connectivity index (χ2v) is 5.78. The van der Waals surface area contributed by atoms with Gasteiger partial charge in [0, 0.05) is 5.69 Å². The largest absolute Gasteiger partial charge is 0.506 e. The molecule has 29 heavy (non-hydrogen) atoms. The molecule has 10 heteroatoms. The number of hydrogen-bond donors (Lipinski definition) is 5. The van der Waals surface area contributed by atoms with Gasteiger partial charge < -0.3 is 27.2 Å². The molecule has 152 valence electrons. The van der Waals surface area contributed by atoms with Crippen LogP contribution in [0.15, 0.2) is 60.7 Å². The van der Waals surface area contributed by atoms with Crippen LogP contribution >= 0.6 is 0 Å². The van der Waals surface area contributed by atoms with Gasteiger partial charge in [-0.25, -0.2) is 9.59 Å². The van der Waals surface area contributed by atoms with Crippen LogP contribution in [0.25, 0.3) is 10.8 Å². The first-order chi connectivity index (χ1) is 13.6. The van der Waals surface area contributed by atoms with Crippen LogP contribution < -0.4 is 22.1 Å². The number of nitrogens with one attached hydrogen (secondary N) is 2. The summed E-state index contributed by atoms with van der Waals surface area (Å²) in [4.78, 5) is 21.0. The highest BCUT2D eigenvalue weighted by atomic mass is 19.4. The third-order valence-electron chi connectivity index (χ3n) is 3.56. The average molecular weight is 406 g/mol. The van der Waals surface area contributed by atoms with Gasteiger partial charge in [-0.1, -0.05) is 30.3 Å². The minimum Gasteiger partial charge on any atom is -0.506 e. The van der Waals surface area contributed by atoms with Crippen molar-refractivity contribution in [2.75, 3.05) is 10.6 Å². The first-order valence-electron chi connectivity index (χ1n) is 8.08. The lowest BCUT2D eigenvalue weighted by Gasteiger charge is -2.12. The Balaban J connectivity index is 0.000000687. The summed E-state index contributed by atoms with van der Waals surface area (Å²) < 4.78 is 38.1. The van der Waals surface area contributed by atoms with E-state index >= 15 is 0 Å². The first kappa shape index (κ1) is 21.4. The van der Waals surface area contributed by atoms with E-state index in [1.54, 1.807) is 6.07 Å². The second-order valence-electron chi connectivity index (χ2n) is 5.78. The van der Waals surface area contributed by atoms with Crippen LogP contribution in [0.5, 0.6) is 5.75 Å². The fraction of sp³-hybridized carbons (Fsp3) is 0.0526. The third kappa shape index (κ3) is 6.31. The molecule has 0 unspecified atom stereocenters. The fourth-order valence-corrected chi connectivity index (χ4v) is 2.39. The molecule has 7 N–H and O–H groups in total. The van der Waals surface area contributed by atoms with Crippen LogP contribution in [-0.2, 0) is 6.18 Å².